The third-order valence-electron chi connectivity index (χ3n) is 3.85. The minimum Gasteiger partial charge on any atom is -0.384 e. The predicted molar refractivity (Wildman–Crippen MR) is 88.4 cm³/mol. The molecule has 8 heteroatoms. The molecule has 2 N–H and O–H groups in total. The van der Waals surface area contributed by atoms with E-state index in [0.29, 0.717) is 17.4 Å². The Kier molecular flexibility index (Phi) is 5.84. The second-order valence-electron chi connectivity index (χ2n) is 5.53. The molecule has 0 radical (unpaired) electrons. The summed E-state index contributed by atoms with van der Waals surface area (Å²) in [4.78, 5) is 0. The van der Waals surface area contributed by atoms with Crippen LogP contribution < -0.4 is 10.0 Å². The van der Waals surface area contributed by atoms with Crippen molar-refractivity contribution >= 4 is 37.3 Å². The number of halogens is 1. The molecule has 0 unspecified atom stereocenters. The second kappa shape index (κ2) is 7.06. The van der Waals surface area contributed by atoms with Crippen molar-refractivity contribution in [2.75, 3.05) is 33.4 Å². The van der Waals surface area contributed by atoms with Crippen molar-refractivity contribution in [1.82, 2.24) is 10.0 Å². The molecule has 21 heavy (non-hydrogen) atoms. The Morgan fingerprint density at radius 1 is 1.48 bits per heavy atom. The molecule has 1 saturated heterocycles. The molecular weight excluding hydrogens is 376 g/mol. The van der Waals surface area contributed by atoms with Crippen LogP contribution in [0.2, 0.25) is 0 Å². The molecule has 1 aromatic heterocycles. The highest BCUT2D eigenvalue weighted by atomic mass is 79.9. The summed E-state index contributed by atoms with van der Waals surface area (Å²) in [5.41, 5.74) is 0.824. The largest absolute Gasteiger partial charge is 0.384 e. The van der Waals surface area contributed by atoms with Crippen LogP contribution in [-0.2, 0) is 14.8 Å². The normalized spacial score (nSPS) is 18.8. The van der Waals surface area contributed by atoms with Gasteiger partial charge in [-0.15, -0.1) is 11.3 Å². The van der Waals surface area contributed by atoms with Gasteiger partial charge in [-0.2, -0.15) is 0 Å². The molecule has 0 atom stereocenters. The Balaban J connectivity index is 2.09. The van der Waals surface area contributed by atoms with Gasteiger partial charge < -0.3 is 10.1 Å². The summed E-state index contributed by atoms with van der Waals surface area (Å²) in [5, 5.41) is 3.30. The summed E-state index contributed by atoms with van der Waals surface area (Å²) in [6.45, 7) is 4.67. The number of thiophene rings is 1. The van der Waals surface area contributed by atoms with Gasteiger partial charge in [-0.3, -0.25) is 0 Å². The zero-order valence-electron chi connectivity index (χ0n) is 12.2. The van der Waals surface area contributed by atoms with E-state index in [1.165, 1.54) is 11.3 Å². The number of sulfonamides is 1. The van der Waals surface area contributed by atoms with Crippen molar-refractivity contribution in [3.63, 3.8) is 0 Å². The van der Waals surface area contributed by atoms with E-state index in [9.17, 15) is 8.42 Å². The molecule has 0 spiro atoms. The topological polar surface area (TPSA) is 67.4 Å². The Morgan fingerprint density at radius 3 is 2.67 bits per heavy atom. The molecule has 120 valence electrons. The maximum absolute atomic E-state index is 12.4. The number of nitrogens with one attached hydrogen (secondary N) is 2. The molecule has 1 aromatic rings. The molecule has 0 amide bonds. The lowest BCUT2D eigenvalue weighted by molar-refractivity contribution is 0.0577. The smallest absolute Gasteiger partial charge is 0.250 e. The SMILES string of the molecule is COCC1(CNS(=O)(=O)c2cc(C)c(Br)s2)CCNCC1. The number of hydrogen-bond donors (Lipinski definition) is 2. The van der Waals surface area contributed by atoms with E-state index in [4.69, 9.17) is 4.74 Å². The zero-order valence-corrected chi connectivity index (χ0v) is 15.5. The van der Waals surface area contributed by atoms with Gasteiger partial charge in [0.25, 0.3) is 0 Å². The number of methoxy groups -OCH3 is 1. The van der Waals surface area contributed by atoms with Crippen LogP contribution >= 0.6 is 27.3 Å². The molecule has 1 aliphatic rings. The van der Waals surface area contributed by atoms with Crippen LogP contribution in [0.15, 0.2) is 14.1 Å². The van der Waals surface area contributed by atoms with E-state index in [1.54, 1.807) is 13.2 Å². The predicted octanol–water partition coefficient (Wildman–Crippen LogP) is 2.11. The standard InChI is InChI=1S/C13H21BrN2O3S2/c1-10-7-11(20-12(10)14)21(17,18)16-8-13(9-19-2)3-5-15-6-4-13/h7,15-16H,3-6,8-9H2,1-2H3. The fourth-order valence-corrected chi connectivity index (χ4v) is 5.95. The van der Waals surface area contributed by atoms with E-state index in [0.717, 1.165) is 35.3 Å². The Bertz CT molecular complexity index is 555. The lowest BCUT2D eigenvalue weighted by Gasteiger charge is -2.37. The summed E-state index contributed by atoms with van der Waals surface area (Å²) in [7, 11) is -1.79. The van der Waals surface area contributed by atoms with Crippen LogP contribution in [0.4, 0.5) is 0 Å². The summed E-state index contributed by atoms with van der Waals surface area (Å²) in [5.74, 6) is 0. The van der Waals surface area contributed by atoms with Gasteiger partial charge in [0.05, 0.1) is 10.4 Å². The average Bonchev–Trinajstić information content (AvgIpc) is 2.79. The van der Waals surface area contributed by atoms with Crippen LogP contribution in [0.25, 0.3) is 0 Å². The monoisotopic (exact) mass is 396 g/mol. The number of hydrogen-bond acceptors (Lipinski definition) is 5. The lowest BCUT2D eigenvalue weighted by atomic mass is 9.80. The van der Waals surface area contributed by atoms with E-state index in [1.807, 2.05) is 6.92 Å². The fraction of sp³-hybridized carbons (Fsp3) is 0.692. The molecule has 0 bridgehead atoms. The van der Waals surface area contributed by atoms with Gasteiger partial charge in [0.2, 0.25) is 10.0 Å². The quantitative estimate of drug-likeness (QED) is 0.772. The van der Waals surface area contributed by atoms with Crippen LogP contribution in [0.3, 0.4) is 0 Å². The zero-order chi connectivity index (χ0) is 15.5. The van der Waals surface area contributed by atoms with Gasteiger partial charge in [0.15, 0.2) is 0 Å². The first-order chi connectivity index (χ1) is 9.88. The minimum absolute atomic E-state index is 0.114. The van der Waals surface area contributed by atoms with Crippen molar-refractivity contribution in [3.8, 4) is 0 Å². The summed E-state index contributed by atoms with van der Waals surface area (Å²) in [6.07, 6.45) is 1.83. The highest BCUT2D eigenvalue weighted by molar-refractivity contribution is 9.11. The third-order valence-corrected chi connectivity index (χ3v) is 7.86. The summed E-state index contributed by atoms with van der Waals surface area (Å²) >= 11 is 4.61. The maximum atomic E-state index is 12.4. The highest BCUT2D eigenvalue weighted by Crippen LogP contribution is 2.32. The van der Waals surface area contributed by atoms with Crippen molar-refractivity contribution in [1.29, 1.82) is 0 Å². The molecule has 2 rings (SSSR count). The maximum Gasteiger partial charge on any atom is 0.250 e. The first kappa shape index (κ1) is 17.4. The molecule has 1 fully saturated rings. The van der Waals surface area contributed by atoms with E-state index in [2.05, 4.69) is 26.0 Å². The van der Waals surface area contributed by atoms with Gasteiger partial charge in [-0.25, -0.2) is 13.1 Å². The Morgan fingerprint density at radius 2 is 2.14 bits per heavy atom. The van der Waals surface area contributed by atoms with E-state index < -0.39 is 10.0 Å². The van der Waals surface area contributed by atoms with Gasteiger partial charge in [-0.05, 0) is 60.4 Å². The fourth-order valence-electron chi connectivity index (χ4n) is 2.52. The van der Waals surface area contributed by atoms with Gasteiger partial charge in [0, 0.05) is 19.1 Å². The number of ether oxygens (including phenoxy) is 1. The van der Waals surface area contributed by atoms with E-state index >= 15 is 0 Å². The number of rotatable bonds is 6. The Labute approximate surface area is 138 Å². The van der Waals surface area contributed by atoms with Crippen LogP contribution in [-0.4, -0.2) is 41.8 Å². The summed E-state index contributed by atoms with van der Waals surface area (Å²) in [6, 6.07) is 1.70. The van der Waals surface area contributed by atoms with Crippen LogP contribution in [0, 0.1) is 12.3 Å². The molecule has 1 aliphatic heterocycles. The van der Waals surface area contributed by atoms with Crippen molar-refractivity contribution < 1.29 is 13.2 Å². The summed E-state index contributed by atoms with van der Waals surface area (Å²) < 4.78 is 34.1. The minimum atomic E-state index is -3.46. The highest BCUT2D eigenvalue weighted by Gasteiger charge is 2.34. The van der Waals surface area contributed by atoms with Gasteiger partial charge >= 0.3 is 0 Å². The lowest BCUT2D eigenvalue weighted by Crippen LogP contribution is -2.47. The first-order valence-electron chi connectivity index (χ1n) is 6.84. The molecule has 0 saturated carbocycles. The van der Waals surface area contributed by atoms with Gasteiger partial charge in [-0.1, -0.05) is 0 Å². The van der Waals surface area contributed by atoms with Crippen molar-refractivity contribution in [3.05, 3.63) is 15.4 Å². The van der Waals surface area contributed by atoms with Crippen LogP contribution in [0.5, 0.6) is 0 Å². The molecule has 0 aromatic carbocycles. The average molecular weight is 397 g/mol. The number of aryl methyl sites for hydroxylation is 1. The molecule has 5 nitrogen and oxygen atoms in total. The Hall–Kier alpha value is 0.01000. The van der Waals surface area contributed by atoms with Crippen molar-refractivity contribution in [2.24, 2.45) is 5.41 Å². The third kappa shape index (κ3) is 4.27. The number of piperidine rings is 1. The van der Waals surface area contributed by atoms with Gasteiger partial charge in [0.1, 0.15) is 4.21 Å². The molecule has 0 aliphatic carbocycles. The van der Waals surface area contributed by atoms with E-state index in [-0.39, 0.29) is 5.41 Å². The molecular formula is C13H21BrN2O3S2. The van der Waals surface area contributed by atoms with Crippen molar-refractivity contribution in [2.45, 2.75) is 24.0 Å². The second-order valence-corrected chi connectivity index (χ2v) is 9.89. The first-order valence-corrected chi connectivity index (χ1v) is 9.93. The van der Waals surface area contributed by atoms with Crippen LogP contribution in [0.1, 0.15) is 18.4 Å². The molecule has 2 heterocycles.